The molecule has 1 atom stereocenters. The molecule has 1 aliphatic rings. The number of nitrogens with one attached hydrogen (secondary N) is 1. The molecule has 26 heavy (non-hydrogen) atoms. The van der Waals surface area contributed by atoms with E-state index in [-0.39, 0.29) is 34.9 Å². The van der Waals surface area contributed by atoms with E-state index >= 15 is 0 Å². The number of sulfonamides is 1. The number of nitrogens with zero attached hydrogens (tertiary/aromatic N) is 2. The summed E-state index contributed by atoms with van der Waals surface area (Å²) >= 11 is 0. The number of likely N-dealkylation sites (N-methyl/N-ethyl adjacent to an activating group) is 1. The van der Waals surface area contributed by atoms with E-state index in [1.807, 2.05) is 0 Å². The average molecular weight is 404 g/mol. The molecule has 0 aromatic heterocycles. The van der Waals surface area contributed by atoms with E-state index in [4.69, 9.17) is 0 Å². The summed E-state index contributed by atoms with van der Waals surface area (Å²) < 4.78 is 48.9. The van der Waals surface area contributed by atoms with Crippen molar-refractivity contribution in [1.82, 2.24) is 9.21 Å². The van der Waals surface area contributed by atoms with Gasteiger partial charge in [0.05, 0.1) is 22.9 Å². The predicted octanol–water partition coefficient (Wildman–Crippen LogP) is 0.303. The molecule has 0 saturated carbocycles. The first kappa shape index (κ1) is 20.7. The zero-order valence-electron chi connectivity index (χ0n) is 15.4. The van der Waals surface area contributed by atoms with Gasteiger partial charge in [-0.05, 0) is 31.0 Å². The molecule has 0 bridgehead atoms. The third-order valence-electron chi connectivity index (χ3n) is 4.54. The van der Waals surface area contributed by atoms with E-state index < -0.39 is 19.9 Å². The van der Waals surface area contributed by atoms with Crippen LogP contribution in [0.1, 0.15) is 12.0 Å². The van der Waals surface area contributed by atoms with Gasteiger partial charge >= 0.3 is 0 Å². The van der Waals surface area contributed by atoms with Crippen molar-refractivity contribution in [1.29, 1.82) is 0 Å². The Morgan fingerprint density at radius 3 is 2.46 bits per heavy atom. The van der Waals surface area contributed by atoms with Gasteiger partial charge in [0.25, 0.3) is 0 Å². The number of hydrogen-bond acceptors (Lipinski definition) is 6. The largest absolute Gasteiger partial charge is 0.376 e. The van der Waals surface area contributed by atoms with Crippen molar-refractivity contribution in [2.24, 2.45) is 0 Å². The van der Waals surface area contributed by atoms with Crippen molar-refractivity contribution in [2.45, 2.75) is 24.3 Å². The molecule has 1 heterocycles. The molecule has 2 rings (SSSR count). The van der Waals surface area contributed by atoms with Crippen LogP contribution in [-0.2, 0) is 24.7 Å². The molecule has 1 aliphatic heterocycles. The maximum absolute atomic E-state index is 12.4. The van der Waals surface area contributed by atoms with Gasteiger partial charge in [0.1, 0.15) is 0 Å². The predicted molar refractivity (Wildman–Crippen MR) is 100 cm³/mol. The van der Waals surface area contributed by atoms with E-state index in [2.05, 4.69) is 5.32 Å². The fourth-order valence-corrected chi connectivity index (χ4v) is 5.69. The number of aryl methyl sites for hydroxylation is 1. The lowest BCUT2D eigenvalue weighted by Crippen LogP contribution is -2.40. The standard InChI is InChI=1S/C16H25N3O5S2/c1-12-5-6-13(9-15(12)26(23,24)18(2)3)17-10-16(20)19(4)14-7-8-25(21,22)11-14/h5-6,9,14,17H,7-8,10-11H2,1-4H3. The highest BCUT2D eigenvalue weighted by atomic mass is 32.2. The fraction of sp³-hybridized carbons (Fsp3) is 0.562. The highest BCUT2D eigenvalue weighted by Crippen LogP contribution is 2.22. The second-order valence-corrected chi connectivity index (χ2v) is 11.0. The Balaban J connectivity index is 2.07. The van der Waals surface area contributed by atoms with Crippen molar-refractivity contribution in [3.8, 4) is 0 Å². The Kier molecular flexibility index (Phi) is 5.99. The Morgan fingerprint density at radius 1 is 1.27 bits per heavy atom. The number of carbonyl (C=O) groups excluding carboxylic acids is 1. The third kappa shape index (κ3) is 4.54. The van der Waals surface area contributed by atoms with Gasteiger partial charge in [-0.3, -0.25) is 4.79 Å². The lowest BCUT2D eigenvalue weighted by Gasteiger charge is -2.24. The molecule has 0 aliphatic carbocycles. The third-order valence-corrected chi connectivity index (χ3v) is 8.25. The van der Waals surface area contributed by atoms with Crippen LogP contribution in [0.3, 0.4) is 0 Å². The topological polar surface area (TPSA) is 104 Å². The van der Waals surface area contributed by atoms with Crippen LogP contribution in [-0.4, -0.2) is 77.2 Å². The minimum Gasteiger partial charge on any atom is -0.376 e. The smallest absolute Gasteiger partial charge is 0.242 e. The van der Waals surface area contributed by atoms with Crippen molar-refractivity contribution in [3.05, 3.63) is 23.8 Å². The minimum atomic E-state index is -3.58. The van der Waals surface area contributed by atoms with Crippen molar-refractivity contribution in [3.63, 3.8) is 0 Å². The van der Waals surface area contributed by atoms with Crippen molar-refractivity contribution < 1.29 is 21.6 Å². The van der Waals surface area contributed by atoms with Crippen LogP contribution >= 0.6 is 0 Å². The number of benzene rings is 1. The Hall–Kier alpha value is -1.65. The summed E-state index contributed by atoms with van der Waals surface area (Å²) in [5.74, 6) is -0.151. The molecule has 0 spiro atoms. The zero-order valence-corrected chi connectivity index (χ0v) is 17.0. The quantitative estimate of drug-likeness (QED) is 0.733. The van der Waals surface area contributed by atoms with Crippen LogP contribution in [0.4, 0.5) is 5.69 Å². The second kappa shape index (κ2) is 7.53. The SMILES string of the molecule is Cc1ccc(NCC(=O)N(C)C2CCS(=O)(=O)C2)cc1S(=O)(=O)N(C)C. The molecule has 1 aromatic rings. The van der Waals surface area contributed by atoms with Crippen molar-refractivity contribution >= 4 is 31.5 Å². The van der Waals surface area contributed by atoms with Gasteiger partial charge in [0.15, 0.2) is 9.84 Å². The molecule has 1 N–H and O–H groups in total. The molecule has 1 unspecified atom stereocenters. The second-order valence-electron chi connectivity index (χ2n) is 6.68. The van der Waals surface area contributed by atoms with Crippen LogP contribution in [0.5, 0.6) is 0 Å². The van der Waals surface area contributed by atoms with E-state index in [0.717, 1.165) is 4.31 Å². The monoisotopic (exact) mass is 403 g/mol. The van der Waals surface area contributed by atoms with Crippen molar-refractivity contribution in [2.75, 3.05) is 44.5 Å². The first-order valence-electron chi connectivity index (χ1n) is 8.17. The molecule has 8 nitrogen and oxygen atoms in total. The summed E-state index contributed by atoms with van der Waals surface area (Å²) in [6.07, 6.45) is 0.445. The molecule has 146 valence electrons. The molecule has 1 amide bonds. The average Bonchev–Trinajstić information content (AvgIpc) is 2.92. The van der Waals surface area contributed by atoms with Gasteiger partial charge in [-0.15, -0.1) is 0 Å². The molecule has 1 fully saturated rings. The summed E-state index contributed by atoms with van der Waals surface area (Å²) in [4.78, 5) is 13.9. The van der Waals surface area contributed by atoms with Gasteiger partial charge in [-0.2, -0.15) is 0 Å². The van der Waals surface area contributed by atoms with E-state index in [1.54, 1.807) is 26.1 Å². The maximum Gasteiger partial charge on any atom is 0.242 e. The number of hydrogen-bond donors (Lipinski definition) is 1. The Bertz CT molecular complexity index is 894. The summed E-state index contributed by atoms with van der Waals surface area (Å²) in [5, 5.41) is 2.92. The summed E-state index contributed by atoms with van der Waals surface area (Å²) in [6, 6.07) is 4.57. The number of amides is 1. The van der Waals surface area contributed by atoms with Gasteiger partial charge in [-0.25, -0.2) is 21.1 Å². The number of anilines is 1. The number of sulfone groups is 1. The highest BCUT2D eigenvalue weighted by molar-refractivity contribution is 7.91. The summed E-state index contributed by atoms with van der Waals surface area (Å²) in [7, 11) is -2.13. The number of carbonyl (C=O) groups is 1. The van der Waals surface area contributed by atoms with Crippen LogP contribution < -0.4 is 5.32 Å². The normalized spacial score (nSPS) is 19.5. The van der Waals surface area contributed by atoms with Gasteiger partial charge in [-0.1, -0.05) is 6.07 Å². The Morgan fingerprint density at radius 2 is 1.92 bits per heavy atom. The molecular formula is C16H25N3O5S2. The van der Waals surface area contributed by atoms with Crippen LogP contribution in [0.25, 0.3) is 0 Å². The first-order chi connectivity index (χ1) is 11.9. The summed E-state index contributed by atoms with van der Waals surface area (Å²) in [5.41, 5.74) is 1.13. The molecule has 10 heteroatoms. The molecule has 0 radical (unpaired) electrons. The molecule has 1 aromatic carbocycles. The Labute approximate surface area is 155 Å². The first-order valence-corrected chi connectivity index (χ1v) is 11.4. The maximum atomic E-state index is 12.4. The lowest BCUT2D eigenvalue weighted by molar-refractivity contribution is -0.129. The highest BCUT2D eigenvalue weighted by Gasteiger charge is 2.32. The number of rotatable bonds is 6. The van der Waals surface area contributed by atoms with Crippen LogP contribution in [0, 0.1) is 6.92 Å². The lowest BCUT2D eigenvalue weighted by atomic mass is 10.2. The van der Waals surface area contributed by atoms with Crippen LogP contribution in [0.15, 0.2) is 23.1 Å². The minimum absolute atomic E-state index is 0.00893. The van der Waals surface area contributed by atoms with Gasteiger partial charge in [0.2, 0.25) is 15.9 Å². The van der Waals surface area contributed by atoms with E-state index in [0.29, 0.717) is 17.7 Å². The van der Waals surface area contributed by atoms with Crippen LogP contribution in [0.2, 0.25) is 0 Å². The van der Waals surface area contributed by atoms with E-state index in [1.165, 1.54) is 25.1 Å². The molecule has 1 saturated heterocycles. The van der Waals surface area contributed by atoms with Gasteiger partial charge < -0.3 is 10.2 Å². The fourth-order valence-electron chi connectivity index (χ4n) is 2.77. The van der Waals surface area contributed by atoms with Gasteiger partial charge in [0, 0.05) is 32.9 Å². The zero-order chi connectivity index (χ0) is 19.7. The summed E-state index contributed by atoms with van der Waals surface area (Å²) in [6.45, 7) is 1.66. The molecular weight excluding hydrogens is 378 g/mol. The van der Waals surface area contributed by atoms with E-state index in [9.17, 15) is 21.6 Å².